The largest absolute Gasteiger partial charge is 0.489 e. The fourth-order valence-electron chi connectivity index (χ4n) is 1.97. The number of ether oxygens (including phenoxy) is 1. The number of hydrogen-bond acceptors (Lipinski definition) is 4. The predicted octanol–water partition coefficient (Wildman–Crippen LogP) is 1.71. The van der Waals surface area contributed by atoms with Gasteiger partial charge >= 0.3 is 5.97 Å². The van der Waals surface area contributed by atoms with E-state index >= 15 is 0 Å². The molecule has 1 saturated heterocycles. The molecule has 1 fully saturated rings. The average molecular weight is 285 g/mol. The molecule has 0 amide bonds. The standard InChI is InChI=1S/C13H16FNO3S/c14-10-3-1-2-4-12(10)18-7-5-15-6-8-19-9-11(15)13(16)17/h1-4,11H,5-9H2,(H,16,17). The number of carboxylic acids is 1. The minimum Gasteiger partial charge on any atom is -0.489 e. The Bertz CT molecular complexity index is 444. The predicted molar refractivity (Wildman–Crippen MR) is 72.2 cm³/mol. The van der Waals surface area contributed by atoms with Crippen molar-refractivity contribution in [2.24, 2.45) is 0 Å². The van der Waals surface area contributed by atoms with Crippen molar-refractivity contribution in [1.29, 1.82) is 0 Å². The second-order valence-electron chi connectivity index (χ2n) is 4.24. The van der Waals surface area contributed by atoms with Gasteiger partial charge in [-0.3, -0.25) is 9.69 Å². The fourth-order valence-corrected chi connectivity index (χ4v) is 3.07. The number of benzene rings is 1. The van der Waals surface area contributed by atoms with E-state index in [1.54, 1.807) is 30.0 Å². The van der Waals surface area contributed by atoms with E-state index in [1.807, 2.05) is 4.90 Å². The number of halogens is 1. The molecule has 19 heavy (non-hydrogen) atoms. The highest BCUT2D eigenvalue weighted by Crippen LogP contribution is 2.18. The summed E-state index contributed by atoms with van der Waals surface area (Å²) in [6.07, 6.45) is 0. The van der Waals surface area contributed by atoms with Crippen LogP contribution in [-0.4, -0.2) is 53.2 Å². The summed E-state index contributed by atoms with van der Waals surface area (Å²) in [6, 6.07) is 5.74. The van der Waals surface area contributed by atoms with Crippen molar-refractivity contribution in [3.63, 3.8) is 0 Å². The molecule has 1 N–H and O–H groups in total. The second-order valence-corrected chi connectivity index (χ2v) is 5.39. The third-order valence-corrected chi connectivity index (χ3v) is 4.02. The van der Waals surface area contributed by atoms with Gasteiger partial charge in [0.25, 0.3) is 0 Å². The van der Waals surface area contributed by atoms with Gasteiger partial charge in [0.05, 0.1) is 0 Å². The summed E-state index contributed by atoms with van der Waals surface area (Å²) in [6.45, 7) is 1.50. The lowest BCUT2D eigenvalue weighted by atomic mass is 10.2. The van der Waals surface area contributed by atoms with E-state index in [0.29, 0.717) is 12.3 Å². The summed E-state index contributed by atoms with van der Waals surface area (Å²) in [4.78, 5) is 13.0. The van der Waals surface area contributed by atoms with E-state index in [4.69, 9.17) is 9.84 Å². The van der Waals surface area contributed by atoms with Crippen LogP contribution in [0, 0.1) is 5.82 Å². The zero-order chi connectivity index (χ0) is 13.7. The molecule has 0 aromatic heterocycles. The van der Waals surface area contributed by atoms with Gasteiger partial charge in [-0.15, -0.1) is 0 Å². The molecular formula is C13H16FNO3S. The molecule has 1 unspecified atom stereocenters. The minimum absolute atomic E-state index is 0.209. The lowest BCUT2D eigenvalue weighted by Gasteiger charge is -2.32. The van der Waals surface area contributed by atoms with Crippen molar-refractivity contribution in [3.8, 4) is 5.75 Å². The van der Waals surface area contributed by atoms with Crippen LogP contribution >= 0.6 is 11.8 Å². The van der Waals surface area contributed by atoms with Gasteiger partial charge in [-0.2, -0.15) is 11.8 Å². The van der Waals surface area contributed by atoms with Crippen LogP contribution in [0.4, 0.5) is 4.39 Å². The Labute approximate surface area is 115 Å². The van der Waals surface area contributed by atoms with Gasteiger partial charge in [0.1, 0.15) is 12.6 Å². The van der Waals surface area contributed by atoms with E-state index in [9.17, 15) is 9.18 Å². The number of hydrogen-bond donors (Lipinski definition) is 1. The Morgan fingerprint density at radius 1 is 1.53 bits per heavy atom. The molecule has 1 aliphatic rings. The van der Waals surface area contributed by atoms with Crippen LogP contribution in [0.1, 0.15) is 0 Å². The summed E-state index contributed by atoms with van der Waals surface area (Å²) in [5, 5.41) is 9.11. The van der Waals surface area contributed by atoms with Crippen molar-refractivity contribution < 1.29 is 19.0 Å². The SMILES string of the molecule is O=C(O)C1CSCCN1CCOc1ccccc1F. The number of carbonyl (C=O) groups is 1. The maximum Gasteiger partial charge on any atom is 0.321 e. The number of para-hydroxylation sites is 1. The number of thioether (sulfide) groups is 1. The molecule has 6 heteroatoms. The molecule has 1 aromatic carbocycles. The van der Waals surface area contributed by atoms with E-state index in [1.165, 1.54) is 6.07 Å². The Morgan fingerprint density at radius 2 is 2.32 bits per heavy atom. The van der Waals surface area contributed by atoms with Crippen LogP contribution in [0.5, 0.6) is 5.75 Å². The summed E-state index contributed by atoms with van der Waals surface area (Å²) in [5.74, 6) is 0.517. The minimum atomic E-state index is -0.807. The molecule has 2 rings (SSSR count). The first-order chi connectivity index (χ1) is 9.18. The van der Waals surface area contributed by atoms with Crippen molar-refractivity contribution in [2.45, 2.75) is 6.04 Å². The molecule has 1 atom stereocenters. The molecule has 1 aliphatic heterocycles. The van der Waals surface area contributed by atoms with Gasteiger partial charge in [-0.1, -0.05) is 12.1 Å². The van der Waals surface area contributed by atoms with E-state index in [2.05, 4.69) is 0 Å². The quantitative estimate of drug-likeness (QED) is 0.892. The van der Waals surface area contributed by atoms with E-state index in [-0.39, 0.29) is 12.4 Å². The molecule has 0 radical (unpaired) electrons. The zero-order valence-corrected chi connectivity index (χ0v) is 11.2. The fraction of sp³-hybridized carbons (Fsp3) is 0.462. The summed E-state index contributed by atoms with van der Waals surface area (Å²) >= 11 is 1.64. The van der Waals surface area contributed by atoms with Crippen molar-refractivity contribution in [2.75, 3.05) is 31.2 Å². The number of aliphatic carboxylic acids is 1. The summed E-state index contributed by atoms with van der Waals surface area (Å²) in [5.41, 5.74) is 0. The molecule has 0 bridgehead atoms. The highest BCUT2D eigenvalue weighted by Gasteiger charge is 2.28. The Hall–Kier alpha value is -1.27. The molecular weight excluding hydrogens is 269 g/mol. The van der Waals surface area contributed by atoms with E-state index < -0.39 is 17.8 Å². The lowest BCUT2D eigenvalue weighted by molar-refractivity contribution is -0.142. The van der Waals surface area contributed by atoms with Crippen LogP contribution in [0.25, 0.3) is 0 Å². The van der Waals surface area contributed by atoms with Crippen LogP contribution in [0.3, 0.4) is 0 Å². The molecule has 0 aliphatic carbocycles. The third kappa shape index (κ3) is 3.84. The molecule has 0 spiro atoms. The Morgan fingerprint density at radius 3 is 3.05 bits per heavy atom. The smallest absolute Gasteiger partial charge is 0.321 e. The number of nitrogens with zero attached hydrogens (tertiary/aromatic N) is 1. The van der Waals surface area contributed by atoms with Gasteiger partial charge in [0.15, 0.2) is 11.6 Å². The van der Waals surface area contributed by atoms with E-state index in [0.717, 1.165) is 12.3 Å². The topological polar surface area (TPSA) is 49.8 Å². The lowest BCUT2D eigenvalue weighted by Crippen LogP contribution is -2.48. The summed E-state index contributed by atoms with van der Waals surface area (Å²) in [7, 11) is 0. The molecule has 0 saturated carbocycles. The third-order valence-electron chi connectivity index (χ3n) is 3.00. The first-order valence-electron chi connectivity index (χ1n) is 6.10. The molecule has 4 nitrogen and oxygen atoms in total. The first-order valence-corrected chi connectivity index (χ1v) is 7.26. The number of carboxylic acid groups (broad SMARTS) is 1. The van der Waals surface area contributed by atoms with Crippen molar-refractivity contribution in [3.05, 3.63) is 30.1 Å². The Kier molecular flexibility index (Phi) is 5.04. The second kappa shape index (κ2) is 6.77. The van der Waals surface area contributed by atoms with Crippen LogP contribution < -0.4 is 4.74 Å². The van der Waals surface area contributed by atoms with Crippen LogP contribution in [0.15, 0.2) is 24.3 Å². The highest BCUT2D eigenvalue weighted by atomic mass is 32.2. The monoisotopic (exact) mass is 285 g/mol. The highest BCUT2D eigenvalue weighted by molar-refractivity contribution is 7.99. The van der Waals surface area contributed by atoms with Crippen LogP contribution in [-0.2, 0) is 4.79 Å². The Balaban J connectivity index is 1.84. The summed E-state index contributed by atoms with van der Waals surface area (Å²) < 4.78 is 18.7. The molecule has 1 aromatic rings. The normalized spacial score (nSPS) is 20.2. The van der Waals surface area contributed by atoms with Crippen molar-refractivity contribution in [1.82, 2.24) is 4.90 Å². The van der Waals surface area contributed by atoms with Gasteiger partial charge in [-0.25, -0.2) is 4.39 Å². The molecule has 104 valence electrons. The number of rotatable bonds is 5. The van der Waals surface area contributed by atoms with Crippen LogP contribution in [0.2, 0.25) is 0 Å². The molecule has 1 heterocycles. The maximum absolute atomic E-state index is 13.3. The van der Waals surface area contributed by atoms with Crippen molar-refractivity contribution >= 4 is 17.7 Å². The van der Waals surface area contributed by atoms with Gasteiger partial charge < -0.3 is 9.84 Å². The zero-order valence-electron chi connectivity index (χ0n) is 10.4. The van der Waals surface area contributed by atoms with Gasteiger partial charge in [0, 0.05) is 24.6 Å². The van der Waals surface area contributed by atoms with Gasteiger partial charge in [-0.05, 0) is 12.1 Å². The average Bonchev–Trinajstić information content (AvgIpc) is 2.41. The van der Waals surface area contributed by atoms with Gasteiger partial charge in [0.2, 0.25) is 0 Å². The maximum atomic E-state index is 13.3. The first kappa shape index (κ1) is 14.1.